The molecule has 228 valence electrons. The van der Waals surface area contributed by atoms with E-state index in [0.717, 1.165) is 25.8 Å². The highest BCUT2D eigenvalue weighted by molar-refractivity contribution is 5.79. The van der Waals surface area contributed by atoms with Gasteiger partial charge in [0.1, 0.15) is 0 Å². The van der Waals surface area contributed by atoms with Gasteiger partial charge in [0.25, 0.3) is 0 Å². The molecule has 0 saturated heterocycles. The van der Waals surface area contributed by atoms with Gasteiger partial charge in [-0.15, -0.1) is 0 Å². The fraction of sp³-hybridized carbons (Fsp3) is 0.318. The molecule has 6 aliphatic carbocycles. The average molecular weight is 590 g/mol. The standard InChI is InChI=1S/C44H47N/c1-4-37(28-27-32-17-12-13-18-32)45(42-26-16-25-38(42)34-21-9-7-10-22-34)31-35-23-8-5-6-11-24-39-40-29-36(33-19-14-15-20-33)30-41(40)44(2,3)43(35)39/h4-10,16-17,19,21-25,27-29H,11-15,18,20,26,30-31H2,1-3H3/b6-5?,23-8?,28-27-,37-4+,39-24-,43-35?. The molecule has 0 radical (unpaired) electrons. The quantitative estimate of drug-likeness (QED) is 0.273. The number of benzene rings is 1. The first-order valence-corrected chi connectivity index (χ1v) is 17.2. The Morgan fingerprint density at radius 1 is 0.889 bits per heavy atom. The molecule has 0 saturated carbocycles. The van der Waals surface area contributed by atoms with Gasteiger partial charge in [0.15, 0.2) is 0 Å². The Hall–Kier alpha value is -4.10. The van der Waals surface area contributed by atoms with E-state index in [1.54, 1.807) is 16.7 Å². The Balaban J connectivity index is 1.34. The fourth-order valence-corrected chi connectivity index (χ4v) is 8.23. The van der Waals surface area contributed by atoms with Crippen molar-refractivity contribution in [2.75, 3.05) is 6.54 Å². The molecule has 0 unspecified atom stereocenters. The monoisotopic (exact) mass is 589 g/mol. The lowest BCUT2D eigenvalue weighted by Gasteiger charge is -2.33. The zero-order valence-corrected chi connectivity index (χ0v) is 27.4. The highest BCUT2D eigenvalue weighted by Gasteiger charge is 2.44. The van der Waals surface area contributed by atoms with Gasteiger partial charge in [-0.2, -0.15) is 0 Å². The van der Waals surface area contributed by atoms with E-state index < -0.39 is 0 Å². The maximum absolute atomic E-state index is 2.62. The van der Waals surface area contributed by atoms with Crippen LogP contribution in [0.3, 0.4) is 0 Å². The zero-order valence-electron chi connectivity index (χ0n) is 27.4. The Labute approximate surface area is 271 Å². The van der Waals surface area contributed by atoms with Crippen molar-refractivity contribution < 1.29 is 0 Å². The van der Waals surface area contributed by atoms with Crippen molar-refractivity contribution in [3.05, 3.63) is 171 Å². The molecule has 0 fully saturated rings. The van der Waals surface area contributed by atoms with Gasteiger partial charge in [-0.1, -0.05) is 123 Å². The summed E-state index contributed by atoms with van der Waals surface area (Å²) in [6.07, 6.45) is 41.3. The number of rotatable bonds is 8. The van der Waals surface area contributed by atoms with Crippen LogP contribution >= 0.6 is 0 Å². The smallest absolute Gasteiger partial charge is 0.0482 e. The second-order valence-electron chi connectivity index (χ2n) is 13.7. The average Bonchev–Trinajstić information content (AvgIpc) is 3.88. The predicted octanol–water partition coefficient (Wildman–Crippen LogP) is 11.7. The van der Waals surface area contributed by atoms with Crippen molar-refractivity contribution in [1.82, 2.24) is 4.90 Å². The van der Waals surface area contributed by atoms with Crippen LogP contribution in [-0.4, -0.2) is 11.4 Å². The minimum atomic E-state index is -0.0284. The topological polar surface area (TPSA) is 3.24 Å². The lowest BCUT2D eigenvalue weighted by atomic mass is 9.76. The third-order valence-corrected chi connectivity index (χ3v) is 10.5. The molecule has 1 aromatic rings. The molecule has 0 aliphatic heterocycles. The van der Waals surface area contributed by atoms with Crippen LogP contribution in [0.5, 0.6) is 0 Å². The van der Waals surface area contributed by atoms with Crippen molar-refractivity contribution in [1.29, 1.82) is 0 Å². The maximum Gasteiger partial charge on any atom is 0.0482 e. The maximum atomic E-state index is 2.62. The Morgan fingerprint density at radius 3 is 2.51 bits per heavy atom. The molecule has 0 amide bonds. The molecule has 0 aromatic heterocycles. The zero-order chi connectivity index (χ0) is 30.8. The lowest BCUT2D eigenvalue weighted by molar-refractivity contribution is 0.464. The van der Waals surface area contributed by atoms with Gasteiger partial charge in [0.05, 0.1) is 0 Å². The summed E-state index contributed by atoms with van der Waals surface area (Å²) in [5, 5.41) is 0. The molecule has 0 heterocycles. The number of hydrogen-bond donors (Lipinski definition) is 0. The summed E-state index contributed by atoms with van der Waals surface area (Å²) < 4.78 is 0. The van der Waals surface area contributed by atoms with Gasteiger partial charge >= 0.3 is 0 Å². The highest BCUT2D eigenvalue weighted by Crippen LogP contribution is 2.58. The van der Waals surface area contributed by atoms with Gasteiger partial charge in [0.2, 0.25) is 0 Å². The molecular formula is C44H47N. The van der Waals surface area contributed by atoms with Crippen LogP contribution in [-0.2, 0) is 0 Å². The van der Waals surface area contributed by atoms with E-state index in [9.17, 15) is 0 Å². The third kappa shape index (κ3) is 5.74. The molecule has 45 heavy (non-hydrogen) atoms. The van der Waals surface area contributed by atoms with Crippen LogP contribution in [0.2, 0.25) is 0 Å². The third-order valence-electron chi connectivity index (χ3n) is 10.5. The first-order chi connectivity index (χ1) is 22.0. The fourth-order valence-electron chi connectivity index (χ4n) is 8.23. The minimum absolute atomic E-state index is 0.0284. The highest BCUT2D eigenvalue weighted by atomic mass is 15.1. The van der Waals surface area contributed by atoms with E-state index in [4.69, 9.17) is 0 Å². The summed E-state index contributed by atoms with van der Waals surface area (Å²) >= 11 is 0. The predicted molar refractivity (Wildman–Crippen MR) is 192 cm³/mol. The molecule has 0 N–H and O–H groups in total. The van der Waals surface area contributed by atoms with E-state index in [-0.39, 0.29) is 5.41 Å². The van der Waals surface area contributed by atoms with Crippen molar-refractivity contribution >= 4 is 5.57 Å². The van der Waals surface area contributed by atoms with Crippen molar-refractivity contribution in [3.8, 4) is 0 Å². The van der Waals surface area contributed by atoms with Gasteiger partial charge in [-0.25, -0.2) is 0 Å². The van der Waals surface area contributed by atoms with E-state index in [2.05, 4.69) is 135 Å². The van der Waals surface area contributed by atoms with Crippen LogP contribution < -0.4 is 0 Å². The molecule has 0 bridgehead atoms. The Morgan fingerprint density at radius 2 is 1.73 bits per heavy atom. The molecule has 6 aliphatic rings. The van der Waals surface area contributed by atoms with Gasteiger partial charge in [-0.05, 0) is 109 Å². The van der Waals surface area contributed by atoms with E-state index >= 15 is 0 Å². The largest absolute Gasteiger partial charge is 0.340 e. The van der Waals surface area contributed by atoms with E-state index in [1.807, 2.05) is 0 Å². The number of allylic oxidation sites excluding steroid dienone is 20. The summed E-state index contributed by atoms with van der Waals surface area (Å²) in [4.78, 5) is 2.62. The van der Waals surface area contributed by atoms with Gasteiger partial charge in [0, 0.05) is 35.3 Å². The summed E-state index contributed by atoms with van der Waals surface area (Å²) in [7, 11) is 0. The summed E-state index contributed by atoms with van der Waals surface area (Å²) in [6, 6.07) is 10.9. The SMILES string of the molecule is C/C=C(\C=C/C1=CCCC1)N(CC1=C2/C(=C\CC=CC=C1)C1=C(CC(C3=CCCC3)=C1)C2(C)C)C1=C(c2ccccc2)C=CC1. The molecule has 7 rings (SSSR count). The Kier molecular flexibility index (Phi) is 8.37. The van der Waals surface area contributed by atoms with Gasteiger partial charge < -0.3 is 4.90 Å². The molecule has 1 aromatic carbocycles. The summed E-state index contributed by atoms with van der Waals surface area (Å²) in [5.41, 5.74) is 17.4. The lowest BCUT2D eigenvalue weighted by Crippen LogP contribution is -2.26. The normalized spacial score (nSPS) is 23.7. The molecule has 0 spiro atoms. The molecule has 1 heteroatoms. The first kappa shape index (κ1) is 29.6. The minimum Gasteiger partial charge on any atom is -0.340 e. The number of nitrogens with zero attached hydrogens (tertiary/aromatic N) is 1. The second kappa shape index (κ2) is 12.7. The Bertz CT molecular complexity index is 1740. The van der Waals surface area contributed by atoms with E-state index in [0.29, 0.717) is 0 Å². The molecular weight excluding hydrogens is 542 g/mol. The molecule has 0 atom stereocenters. The van der Waals surface area contributed by atoms with Crippen molar-refractivity contribution in [2.24, 2.45) is 5.41 Å². The second-order valence-corrected chi connectivity index (χ2v) is 13.7. The van der Waals surface area contributed by atoms with Crippen LogP contribution in [0.1, 0.15) is 84.1 Å². The summed E-state index contributed by atoms with van der Waals surface area (Å²) in [6.45, 7) is 8.00. The van der Waals surface area contributed by atoms with Crippen LogP contribution in [0.25, 0.3) is 5.57 Å². The number of fused-ring (bicyclic) bond motifs is 2. The van der Waals surface area contributed by atoms with Crippen LogP contribution in [0.15, 0.2) is 165 Å². The molecule has 1 nitrogen and oxygen atoms in total. The van der Waals surface area contributed by atoms with Crippen molar-refractivity contribution in [2.45, 2.75) is 78.6 Å². The van der Waals surface area contributed by atoms with Gasteiger partial charge in [-0.3, -0.25) is 0 Å². The first-order valence-electron chi connectivity index (χ1n) is 17.2. The number of hydrogen-bond acceptors (Lipinski definition) is 1. The van der Waals surface area contributed by atoms with E-state index in [1.165, 1.54) is 88.9 Å². The van der Waals surface area contributed by atoms with Crippen molar-refractivity contribution in [3.63, 3.8) is 0 Å². The van der Waals surface area contributed by atoms with Crippen LogP contribution in [0.4, 0.5) is 0 Å². The van der Waals surface area contributed by atoms with Crippen LogP contribution in [0, 0.1) is 5.41 Å². The summed E-state index contributed by atoms with van der Waals surface area (Å²) in [5.74, 6) is 0.